The van der Waals surface area contributed by atoms with Crippen LogP contribution in [-0.2, 0) is 0 Å². The molecule has 2 heterocycles. The van der Waals surface area contributed by atoms with Crippen LogP contribution in [0.4, 0.5) is 20.6 Å². The van der Waals surface area contributed by atoms with Gasteiger partial charge in [0.05, 0.1) is 5.69 Å². The summed E-state index contributed by atoms with van der Waals surface area (Å²) in [5, 5.41) is 17.6. The van der Waals surface area contributed by atoms with E-state index in [1.165, 1.54) is 18.2 Å². The van der Waals surface area contributed by atoms with Crippen LogP contribution in [-0.4, -0.2) is 26.0 Å². The minimum absolute atomic E-state index is 0.326. The average Bonchev–Trinajstić information content (AvgIpc) is 3.16. The fourth-order valence-electron chi connectivity index (χ4n) is 2.62. The van der Waals surface area contributed by atoms with Crippen molar-refractivity contribution >= 4 is 17.4 Å². The van der Waals surface area contributed by atoms with Crippen LogP contribution >= 0.6 is 0 Å². The summed E-state index contributed by atoms with van der Waals surface area (Å²) in [6.45, 7) is 1.89. The van der Waals surface area contributed by atoms with Crippen LogP contribution in [0.25, 0.3) is 5.82 Å². The van der Waals surface area contributed by atoms with Gasteiger partial charge in [-0.1, -0.05) is 6.07 Å². The number of urea groups is 1. The van der Waals surface area contributed by atoms with E-state index in [1.54, 1.807) is 53.3 Å². The summed E-state index contributed by atoms with van der Waals surface area (Å²) in [6, 6.07) is 17.2. The van der Waals surface area contributed by atoms with Gasteiger partial charge in [-0.3, -0.25) is 0 Å². The number of amides is 2. The number of nitrogens with one attached hydrogen (secondary N) is 2. The van der Waals surface area contributed by atoms with Gasteiger partial charge in [-0.25, -0.2) is 13.9 Å². The summed E-state index contributed by atoms with van der Waals surface area (Å²) in [7, 11) is 0. The highest BCUT2D eigenvalue weighted by Crippen LogP contribution is 2.21. The second-order valence-corrected chi connectivity index (χ2v) is 6.35. The molecule has 0 fully saturated rings. The third-order valence-corrected chi connectivity index (χ3v) is 4.00. The minimum atomic E-state index is -0.482. The lowest BCUT2D eigenvalue weighted by atomic mass is 10.3. The van der Waals surface area contributed by atoms with Crippen molar-refractivity contribution in [3.8, 4) is 17.4 Å². The van der Waals surface area contributed by atoms with Crippen LogP contribution in [0.3, 0.4) is 0 Å². The molecule has 9 heteroatoms. The van der Waals surface area contributed by atoms with E-state index in [1.807, 2.05) is 13.0 Å². The number of carbonyl (C=O) groups excluding carboxylic acids is 1. The van der Waals surface area contributed by atoms with Crippen LogP contribution in [0, 0.1) is 12.7 Å². The normalized spacial score (nSPS) is 10.5. The predicted molar refractivity (Wildman–Crippen MR) is 109 cm³/mol. The van der Waals surface area contributed by atoms with Crippen molar-refractivity contribution in [3.05, 3.63) is 84.4 Å². The molecule has 8 nitrogen and oxygen atoms in total. The Kier molecular flexibility index (Phi) is 5.33. The largest absolute Gasteiger partial charge is 0.438 e. The number of rotatable bonds is 5. The van der Waals surface area contributed by atoms with E-state index in [-0.39, 0.29) is 0 Å². The Morgan fingerprint density at radius 3 is 2.43 bits per heavy atom. The second-order valence-electron chi connectivity index (χ2n) is 6.35. The maximum atomic E-state index is 13.2. The van der Waals surface area contributed by atoms with Crippen molar-refractivity contribution in [2.24, 2.45) is 0 Å². The molecule has 150 valence electrons. The van der Waals surface area contributed by atoms with E-state index in [4.69, 9.17) is 4.74 Å². The van der Waals surface area contributed by atoms with E-state index in [2.05, 4.69) is 25.9 Å². The number of halogens is 1. The highest BCUT2D eigenvalue weighted by molar-refractivity contribution is 5.99. The number of benzene rings is 2. The zero-order valence-electron chi connectivity index (χ0n) is 15.9. The summed E-state index contributed by atoms with van der Waals surface area (Å²) in [5.41, 5.74) is 1.79. The number of hydrogen-bond acceptors (Lipinski definition) is 5. The molecule has 4 aromatic rings. The third-order valence-electron chi connectivity index (χ3n) is 4.00. The maximum Gasteiger partial charge on any atom is 0.323 e. The lowest BCUT2D eigenvalue weighted by Crippen LogP contribution is -2.19. The first-order chi connectivity index (χ1) is 14.5. The molecule has 2 aromatic heterocycles. The summed E-state index contributed by atoms with van der Waals surface area (Å²) in [5.74, 6) is 1.01. The molecular formula is C21H17FN6O2. The molecule has 0 unspecified atom stereocenters. The minimum Gasteiger partial charge on any atom is -0.438 e. The number of ether oxygens (including phenoxy) is 1. The van der Waals surface area contributed by atoms with Crippen LogP contribution in [0.1, 0.15) is 5.69 Å². The summed E-state index contributed by atoms with van der Waals surface area (Å²) < 4.78 is 20.5. The predicted octanol–water partition coefficient (Wildman–Crippen LogP) is 4.55. The van der Waals surface area contributed by atoms with Crippen LogP contribution in [0.5, 0.6) is 11.6 Å². The van der Waals surface area contributed by atoms with Crippen molar-refractivity contribution in [1.29, 1.82) is 0 Å². The molecule has 0 saturated carbocycles. The average molecular weight is 404 g/mol. The molecule has 0 bridgehead atoms. The van der Waals surface area contributed by atoms with Gasteiger partial charge in [-0.05, 0) is 61.5 Å². The van der Waals surface area contributed by atoms with Gasteiger partial charge in [-0.15, -0.1) is 10.2 Å². The lowest BCUT2D eigenvalue weighted by Gasteiger charge is -2.09. The van der Waals surface area contributed by atoms with Crippen molar-refractivity contribution < 1.29 is 13.9 Å². The van der Waals surface area contributed by atoms with Crippen molar-refractivity contribution in [1.82, 2.24) is 20.0 Å². The van der Waals surface area contributed by atoms with Gasteiger partial charge in [0, 0.05) is 23.6 Å². The first-order valence-corrected chi connectivity index (χ1v) is 9.03. The van der Waals surface area contributed by atoms with E-state index < -0.39 is 11.8 Å². The van der Waals surface area contributed by atoms with Gasteiger partial charge >= 0.3 is 6.03 Å². The number of aryl methyl sites for hydroxylation is 1. The standard InChI is InChI=1S/C21H17FN6O2/c1-14-11-12-28(27-14)19-9-10-20(26-25-19)30-18-7-5-16(6-8-18)23-21(29)24-17-4-2-3-15(22)13-17/h2-13H,1H3,(H2,23,24,29). The van der Waals surface area contributed by atoms with Crippen LogP contribution in [0.2, 0.25) is 0 Å². The van der Waals surface area contributed by atoms with E-state index in [0.717, 1.165) is 5.69 Å². The first-order valence-electron chi connectivity index (χ1n) is 9.03. The highest BCUT2D eigenvalue weighted by atomic mass is 19.1. The Bertz CT molecular complexity index is 1160. The van der Waals surface area contributed by atoms with Gasteiger partial charge in [0.15, 0.2) is 5.82 Å². The second kappa shape index (κ2) is 8.39. The zero-order valence-corrected chi connectivity index (χ0v) is 15.9. The highest BCUT2D eigenvalue weighted by Gasteiger charge is 2.06. The Hall–Kier alpha value is -4.27. The fraction of sp³-hybridized carbons (Fsp3) is 0.0476. The van der Waals surface area contributed by atoms with Gasteiger partial charge in [-0.2, -0.15) is 5.10 Å². The molecule has 30 heavy (non-hydrogen) atoms. The third kappa shape index (κ3) is 4.76. The van der Waals surface area contributed by atoms with E-state index in [9.17, 15) is 9.18 Å². The molecular weight excluding hydrogens is 387 g/mol. The molecule has 0 spiro atoms. The summed E-state index contributed by atoms with van der Waals surface area (Å²) in [4.78, 5) is 12.0. The fourth-order valence-corrected chi connectivity index (χ4v) is 2.62. The Morgan fingerprint density at radius 1 is 0.967 bits per heavy atom. The molecule has 2 aromatic carbocycles. The molecule has 0 aliphatic rings. The zero-order chi connectivity index (χ0) is 20.9. The molecule has 4 rings (SSSR count). The molecule has 0 aliphatic heterocycles. The monoisotopic (exact) mass is 404 g/mol. The lowest BCUT2D eigenvalue weighted by molar-refractivity contribution is 0.262. The molecule has 0 radical (unpaired) electrons. The van der Waals surface area contributed by atoms with Gasteiger partial charge in [0.25, 0.3) is 0 Å². The number of anilines is 2. The number of carbonyl (C=O) groups is 1. The summed E-state index contributed by atoms with van der Waals surface area (Å²) in [6.07, 6.45) is 1.80. The van der Waals surface area contributed by atoms with Crippen molar-refractivity contribution in [3.63, 3.8) is 0 Å². The molecule has 2 amide bonds. The maximum absolute atomic E-state index is 13.2. The van der Waals surface area contributed by atoms with Crippen molar-refractivity contribution in [2.45, 2.75) is 6.92 Å². The number of nitrogens with zero attached hydrogens (tertiary/aromatic N) is 4. The first kappa shape index (κ1) is 19.1. The van der Waals surface area contributed by atoms with Gasteiger partial charge in [0.2, 0.25) is 5.88 Å². The smallest absolute Gasteiger partial charge is 0.323 e. The van der Waals surface area contributed by atoms with Crippen LogP contribution < -0.4 is 15.4 Å². The number of hydrogen-bond donors (Lipinski definition) is 2. The van der Waals surface area contributed by atoms with Crippen molar-refractivity contribution in [2.75, 3.05) is 10.6 Å². The number of aromatic nitrogens is 4. The van der Waals surface area contributed by atoms with Gasteiger partial charge in [0.1, 0.15) is 11.6 Å². The molecule has 0 saturated heterocycles. The Balaban J connectivity index is 1.34. The summed E-state index contributed by atoms with van der Waals surface area (Å²) >= 11 is 0. The topological polar surface area (TPSA) is 94.0 Å². The quantitative estimate of drug-likeness (QED) is 0.509. The van der Waals surface area contributed by atoms with E-state index >= 15 is 0 Å². The molecule has 0 aliphatic carbocycles. The Morgan fingerprint density at radius 2 is 1.77 bits per heavy atom. The molecule has 2 N–H and O–H groups in total. The SMILES string of the molecule is Cc1ccn(-c2ccc(Oc3ccc(NC(=O)Nc4cccc(F)c4)cc3)nn2)n1. The van der Waals surface area contributed by atoms with Crippen LogP contribution in [0.15, 0.2) is 72.9 Å². The molecule has 0 atom stereocenters. The Labute approximate surface area is 171 Å². The van der Waals surface area contributed by atoms with E-state index in [0.29, 0.717) is 28.8 Å². The van der Waals surface area contributed by atoms with Gasteiger partial charge < -0.3 is 15.4 Å².